The van der Waals surface area contributed by atoms with Crippen LogP contribution in [0.5, 0.6) is 11.5 Å². The van der Waals surface area contributed by atoms with Gasteiger partial charge >= 0.3 is 6.09 Å². The van der Waals surface area contributed by atoms with Gasteiger partial charge in [-0.3, -0.25) is 9.67 Å². The topological polar surface area (TPSA) is 94.8 Å². The number of rotatable bonds is 8. The van der Waals surface area contributed by atoms with Gasteiger partial charge in [-0.15, -0.1) is 0 Å². The van der Waals surface area contributed by atoms with E-state index in [2.05, 4.69) is 27.1 Å². The molecule has 222 valence electrons. The molecule has 0 bridgehead atoms. The van der Waals surface area contributed by atoms with Gasteiger partial charge in [0.05, 0.1) is 43.3 Å². The zero-order valence-electron chi connectivity index (χ0n) is 25.3. The standard InChI is InChI=1S/C32H40N6O4/c1-32(2,3)42-31(39)37-12-9-22(10-13-37)11-14-38(25-15-26(40-5)18-27(16-25)41-6)24-7-8-28-29(17-24)35-30(20-33-28)23-19-34-36(4)21-23/h7-8,15-22H,9-14H2,1-6H3. The molecule has 1 amide bonds. The predicted molar refractivity (Wildman–Crippen MR) is 163 cm³/mol. The van der Waals surface area contributed by atoms with Gasteiger partial charge in [-0.05, 0) is 64.2 Å². The van der Waals surface area contributed by atoms with Crippen molar-refractivity contribution < 1.29 is 19.0 Å². The van der Waals surface area contributed by atoms with Crippen molar-refractivity contribution in [3.05, 3.63) is 55.0 Å². The van der Waals surface area contributed by atoms with Crippen molar-refractivity contribution in [2.24, 2.45) is 13.0 Å². The van der Waals surface area contributed by atoms with Crippen molar-refractivity contribution in [3.63, 3.8) is 0 Å². The molecule has 42 heavy (non-hydrogen) atoms. The van der Waals surface area contributed by atoms with E-state index in [4.69, 9.17) is 19.2 Å². The first-order valence-electron chi connectivity index (χ1n) is 14.4. The molecule has 0 saturated carbocycles. The number of aromatic nitrogens is 4. The quantitative estimate of drug-likeness (QED) is 0.246. The van der Waals surface area contributed by atoms with E-state index in [0.29, 0.717) is 19.0 Å². The van der Waals surface area contributed by atoms with Gasteiger partial charge in [0, 0.05) is 68.0 Å². The number of methoxy groups -OCH3 is 2. The number of anilines is 2. The molecule has 0 unspecified atom stereocenters. The number of likely N-dealkylation sites (tertiary alicyclic amines) is 1. The SMILES string of the molecule is COc1cc(OC)cc(N(CCC2CCN(C(=O)OC(C)(C)C)CC2)c2ccc3ncc(-c4cnn(C)c4)nc3c2)c1. The summed E-state index contributed by atoms with van der Waals surface area (Å²) in [5, 5.41) is 4.28. The van der Waals surface area contributed by atoms with Crippen LogP contribution in [-0.4, -0.2) is 70.2 Å². The minimum atomic E-state index is -0.491. The zero-order chi connectivity index (χ0) is 29.9. The summed E-state index contributed by atoms with van der Waals surface area (Å²) in [6, 6.07) is 12.1. The summed E-state index contributed by atoms with van der Waals surface area (Å²) in [5.74, 6) is 1.93. The van der Waals surface area contributed by atoms with Crippen molar-refractivity contribution in [2.75, 3.05) is 38.8 Å². The van der Waals surface area contributed by atoms with E-state index in [1.807, 2.05) is 63.2 Å². The number of benzene rings is 2. The summed E-state index contributed by atoms with van der Waals surface area (Å²) in [6.45, 7) is 7.88. The number of piperidine rings is 1. The van der Waals surface area contributed by atoms with Crippen LogP contribution in [0.25, 0.3) is 22.3 Å². The summed E-state index contributed by atoms with van der Waals surface area (Å²) in [6.07, 6.45) is 8.12. The number of hydrogen-bond donors (Lipinski definition) is 0. The highest BCUT2D eigenvalue weighted by Gasteiger charge is 2.27. The normalized spacial score (nSPS) is 14.2. The average molecular weight is 573 g/mol. The van der Waals surface area contributed by atoms with Gasteiger partial charge in [-0.25, -0.2) is 9.78 Å². The molecular formula is C32H40N6O4. The Bertz CT molecular complexity index is 1520. The van der Waals surface area contributed by atoms with Gasteiger partial charge in [-0.1, -0.05) is 0 Å². The van der Waals surface area contributed by atoms with Crippen LogP contribution in [0.3, 0.4) is 0 Å². The number of nitrogens with zero attached hydrogens (tertiary/aromatic N) is 6. The molecule has 10 heteroatoms. The Hall–Kier alpha value is -4.34. The lowest BCUT2D eigenvalue weighted by Crippen LogP contribution is -2.42. The summed E-state index contributed by atoms with van der Waals surface area (Å²) in [7, 11) is 5.21. The van der Waals surface area contributed by atoms with Crippen molar-refractivity contribution in [3.8, 4) is 22.8 Å². The van der Waals surface area contributed by atoms with Crippen LogP contribution in [0.2, 0.25) is 0 Å². The van der Waals surface area contributed by atoms with E-state index >= 15 is 0 Å². The molecule has 0 atom stereocenters. The van der Waals surface area contributed by atoms with Gasteiger partial charge in [-0.2, -0.15) is 5.10 Å². The molecule has 2 aromatic heterocycles. The molecule has 0 N–H and O–H groups in total. The first kappa shape index (κ1) is 29.2. The third-order valence-corrected chi connectivity index (χ3v) is 7.51. The molecule has 10 nitrogen and oxygen atoms in total. The molecule has 0 spiro atoms. The Balaban J connectivity index is 1.40. The summed E-state index contributed by atoms with van der Waals surface area (Å²) >= 11 is 0. The molecule has 1 aliphatic heterocycles. The number of fused-ring (bicyclic) bond motifs is 1. The van der Waals surface area contributed by atoms with Crippen LogP contribution < -0.4 is 14.4 Å². The highest BCUT2D eigenvalue weighted by Crippen LogP contribution is 2.35. The Labute approximate surface area is 247 Å². The molecule has 5 rings (SSSR count). The Morgan fingerprint density at radius 2 is 1.69 bits per heavy atom. The lowest BCUT2D eigenvalue weighted by molar-refractivity contribution is 0.0182. The second-order valence-corrected chi connectivity index (χ2v) is 11.8. The van der Waals surface area contributed by atoms with E-state index in [1.54, 1.807) is 31.3 Å². The van der Waals surface area contributed by atoms with Crippen LogP contribution in [0.1, 0.15) is 40.0 Å². The van der Waals surface area contributed by atoms with Gasteiger partial charge in [0.1, 0.15) is 17.1 Å². The van der Waals surface area contributed by atoms with Crippen molar-refractivity contribution >= 4 is 28.5 Å². The van der Waals surface area contributed by atoms with Gasteiger partial charge < -0.3 is 24.0 Å². The predicted octanol–water partition coefficient (Wildman–Crippen LogP) is 6.22. The number of ether oxygens (including phenoxy) is 3. The van der Waals surface area contributed by atoms with E-state index in [0.717, 1.165) is 71.0 Å². The highest BCUT2D eigenvalue weighted by molar-refractivity contribution is 5.82. The van der Waals surface area contributed by atoms with Gasteiger partial charge in [0.25, 0.3) is 0 Å². The highest BCUT2D eigenvalue weighted by atomic mass is 16.6. The molecule has 1 aliphatic rings. The van der Waals surface area contributed by atoms with E-state index in [-0.39, 0.29) is 6.09 Å². The van der Waals surface area contributed by atoms with E-state index < -0.39 is 5.60 Å². The molecule has 3 heterocycles. The smallest absolute Gasteiger partial charge is 0.410 e. The molecular weight excluding hydrogens is 532 g/mol. The maximum atomic E-state index is 12.6. The van der Waals surface area contributed by atoms with E-state index in [1.165, 1.54) is 0 Å². The molecule has 1 saturated heterocycles. The fourth-order valence-corrected chi connectivity index (χ4v) is 5.26. The Kier molecular flexibility index (Phi) is 8.51. The molecule has 1 fully saturated rings. The summed E-state index contributed by atoms with van der Waals surface area (Å²) in [4.78, 5) is 26.2. The average Bonchev–Trinajstić information content (AvgIpc) is 3.42. The van der Waals surface area contributed by atoms with Crippen molar-refractivity contribution in [1.29, 1.82) is 0 Å². The third-order valence-electron chi connectivity index (χ3n) is 7.51. The second-order valence-electron chi connectivity index (χ2n) is 11.8. The molecule has 0 radical (unpaired) electrons. The zero-order valence-corrected chi connectivity index (χ0v) is 25.3. The lowest BCUT2D eigenvalue weighted by atomic mass is 9.93. The first-order chi connectivity index (χ1) is 20.1. The Morgan fingerprint density at radius 1 is 0.976 bits per heavy atom. The second kappa shape index (κ2) is 12.3. The minimum Gasteiger partial charge on any atom is -0.497 e. The third kappa shape index (κ3) is 6.92. The van der Waals surface area contributed by atoms with Crippen molar-refractivity contribution in [2.45, 2.75) is 45.6 Å². The Morgan fingerprint density at radius 3 is 2.31 bits per heavy atom. The monoisotopic (exact) mass is 572 g/mol. The summed E-state index contributed by atoms with van der Waals surface area (Å²) in [5.41, 5.74) is 4.80. The maximum Gasteiger partial charge on any atom is 0.410 e. The number of hydrogen-bond acceptors (Lipinski definition) is 8. The molecule has 2 aromatic carbocycles. The van der Waals surface area contributed by atoms with Crippen LogP contribution in [0.15, 0.2) is 55.0 Å². The van der Waals surface area contributed by atoms with Crippen LogP contribution in [0.4, 0.5) is 16.2 Å². The van der Waals surface area contributed by atoms with Crippen LogP contribution >= 0.6 is 0 Å². The largest absolute Gasteiger partial charge is 0.497 e. The van der Waals surface area contributed by atoms with Gasteiger partial charge in [0.15, 0.2) is 0 Å². The molecule has 0 aliphatic carbocycles. The fraction of sp³-hybridized carbons (Fsp3) is 0.438. The van der Waals surface area contributed by atoms with Crippen molar-refractivity contribution in [1.82, 2.24) is 24.6 Å². The van der Waals surface area contributed by atoms with Crippen LogP contribution in [0, 0.1) is 5.92 Å². The van der Waals surface area contributed by atoms with E-state index in [9.17, 15) is 4.79 Å². The summed E-state index contributed by atoms with van der Waals surface area (Å²) < 4.78 is 18.5. The van der Waals surface area contributed by atoms with Gasteiger partial charge in [0.2, 0.25) is 0 Å². The number of carbonyl (C=O) groups is 1. The minimum absolute atomic E-state index is 0.228. The number of aryl methyl sites for hydroxylation is 1. The fourth-order valence-electron chi connectivity index (χ4n) is 5.26. The molecule has 4 aromatic rings. The lowest BCUT2D eigenvalue weighted by Gasteiger charge is -2.34. The first-order valence-corrected chi connectivity index (χ1v) is 14.4. The maximum absolute atomic E-state index is 12.6. The van der Waals surface area contributed by atoms with Crippen LogP contribution in [-0.2, 0) is 11.8 Å². The number of carbonyl (C=O) groups excluding carboxylic acids is 1. The number of amides is 1.